The van der Waals surface area contributed by atoms with Gasteiger partial charge in [-0.25, -0.2) is 0 Å². The Balaban J connectivity index is 2.45. The molecule has 1 heterocycles. The quantitative estimate of drug-likeness (QED) is 0.939. The summed E-state index contributed by atoms with van der Waals surface area (Å²) in [6, 6.07) is 4.31. The summed E-state index contributed by atoms with van der Waals surface area (Å²) < 4.78 is 41.0. The molecule has 3 nitrogen and oxygen atoms in total. The predicted molar refractivity (Wildman–Crippen MR) is 70.2 cm³/mol. The Morgan fingerprint density at radius 1 is 1.30 bits per heavy atom. The van der Waals surface area contributed by atoms with Crippen molar-refractivity contribution in [2.75, 3.05) is 6.61 Å². The van der Waals surface area contributed by atoms with E-state index < -0.39 is 12.8 Å². The Bertz CT molecular complexity index is 689. The lowest BCUT2D eigenvalue weighted by molar-refractivity contribution is -0.153. The molecule has 20 heavy (non-hydrogen) atoms. The fourth-order valence-corrected chi connectivity index (χ4v) is 2.11. The van der Waals surface area contributed by atoms with Gasteiger partial charge in [0.05, 0.1) is 0 Å². The second kappa shape index (κ2) is 5.19. The first kappa shape index (κ1) is 14.4. The molecular formula is C14H14F3NO2. The number of aromatic amines is 1. The van der Waals surface area contributed by atoms with Gasteiger partial charge in [0.2, 0.25) is 0 Å². The highest BCUT2D eigenvalue weighted by Gasteiger charge is 2.28. The maximum atomic E-state index is 12.2. The average molecular weight is 285 g/mol. The number of hydrogen-bond acceptors (Lipinski definition) is 2. The number of aryl methyl sites for hydroxylation is 1. The third kappa shape index (κ3) is 2.95. The van der Waals surface area contributed by atoms with Crippen molar-refractivity contribution >= 4 is 10.9 Å². The molecule has 0 radical (unpaired) electrons. The highest BCUT2D eigenvalue weighted by molar-refractivity contribution is 5.81. The summed E-state index contributed by atoms with van der Waals surface area (Å²) in [6.07, 6.45) is -3.84. The fourth-order valence-electron chi connectivity index (χ4n) is 2.11. The van der Waals surface area contributed by atoms with Gasteiger partial charge < -0.3 is 9.72 Å². The van der Waals surface area contributed by atoms with Crippen molar-refractivity contribution in [3.63, 3.8) is 0 Å². The van der Waals surface area contributed by atoms with Gasteiger partial charge in [0.25, 0.3) is 0 Å². The number of fused-ring (bicyclic) bond motifs is 1. The number of rotatable bonds is 3. The Kier molecular flexibility index (Phi) is 3.74. The number of H-pyrrole nitrogens is 1. The number of ether oxygens (including phenoxy) is 1. The molecule has 6 heteroatoms. The Morgan fingerprint density at radius 2 is 2.00 bits per heavy atom. The molecule has 2 aromatic rings. The molecule has 0 aliphatic carbocycles. The first-order valence-electron chi connectivity index (χ1n) is 6.17. The molecule has 0 atom stereocenters. The predicted octanol–water partition coefficient (Wildman–Crippen LogP) is 3.34. The Hall–Kier alpha value is -1.98. The molecule has 0 fully saturated rings. The molecule has 0 saturated carbocycles. The van der Waals surface area contributed by atoms with Crippen molar-refractivity contribution in [3.8, 4) is 5.75 Å². The van der Waals surface area contributed by atoms with E-state index in [1.54, 1.807) is 13.0 Å². The Labute approximate surface area is 113 Å². The smallest absolute Gasteiger partial charge is 0.422 e. The first-order chi connectivity index (χ1) is 9.31. The molecule has 0 amide bonds. The molecule has 0 spiro atoms. The van der Waals surface area contributed by atoms with Gasteiger partial charge in [0.1, 0.15) is 5.75 Å². The number of hydrogen-bond donors (Lipinski definition) is 1. The van der Waals surface area contributed by atoms with Crippen LogP contribution in [0.15, 0.2) is 23.0 Å². The topological polar surface area (TPSA) is 42.1 Å². The largest absolute Gasteiger partial charge is 0.484 e. The lowest BCUT2D eigenvalue weighted by Crippen LogP contribution is -2.19. The highest BCUT2D eigenvalue weighted by atomic mass is 19.4. The summed E-state index contributed by atoms with van der Waals surface area (Å²) in [4.78, 5) is 15.3. The van der Waals surface area contributed by atoms with Gasteiger partial charge >= 0.3 is 6.18 Å². The number of halogens is 3. The van der Waals surface area contributed by atoms with Gasteiger partial charge in [-0.2, -0.15) is 13.2 Å². The van der Waals surface area contributed by atoms with Crippen LogP contribution in [0.3, 0.4) is 0 Å². The molecule has 1 aromatic heterocycles. The SMILES string of the molecule is CCc1c(C)[nH]c2ccc(OCC(F)(F)F)cc2c1=O. The van der Waals surface area contributed by atoms with E-state index in [0.717, 1.165) is 5.69 Å². The molecule has 108 valence electrons. The van der Waals surface area contributed by atoms with Crippen LogP contribution in [-0.4, -0.2) is 17.8 Å². The second-order valence-corrected chi connectivity index (χ2v) is 4.52. The number of alkyl halides is 3. The van der Waals surface area contributed by atoms with Crippen molar-refractivity contribution < 1.29 is 17.9 Å². The standard InChI is InChI=1S/C14H14F3NO2/c1-3-10-8(2)18-12-5-4-9(6-11(12)13(10)19)20-7-14(15,16)17/h4-6H,3,7H2,1-2H3,(H,18,19). The zero-order chi connectivity index (χ0) is 14.9. The fraction of sp³-hybridized carbons (Fsp3) is 0.357. The van der Waals surface area contributed by atoms with E-state index in [2.05, 4.69) is 9.72 Å². The van der Waals surface area contributed by atoms with Crippen molar-refractivity contribution in [2.45, 2.75) is 26.4 Å². The van der Waals surface area contributed by atoms with Crippen LogP contribution >= 0.6 is 0 Å². The van der Waals surface area contributed by atoms with Crippen molar-refractivity contribution in [1.29, 1.82) is 0 Å². The van der Waals surface area contributed by atoms with E-state index in [9.17, 15) is 18.0 Å². The number of benzene rings is 1. The van der Waals surface area contributed by atoms with Gasteiger partial charge in [-0.3, -0.25) is 4.79 Å². The molecule has 0 saturated heterocycles. The molecule has 0 unspecified atom stereocenters. The van der Waals surface area contributed by atoms with Crippen molar-refractivity contribution in [1.82, 2.24) is 4.98 Å². The van der Waals surface area contributed by atoms with Crippen LogP contribution in [0.4, 0.5) is 13.2 Å². The minimum Gasteiger partial charge on any atom is -0.484 e. The van der Waals surface area contributed by atoms with Crippen LogP contribution in [0.5, 0.6) is 5.75 Å². The number of nitrogens with one attached hydrogen (secondary N) is 1. The maximum absolute atomic E-state index is 12.2. The Morgan fingerprint density at radius 3 is 2.60 bits per heavy atom. The average Bonchev–Trinajstić information content (AvgIpc) is 2.36. The van der Waals surface area contributed by atoms with E-state index >= 15 is 0 Å². The van der Waals surface area contributed by atoms with Gasteiger partial charge in [-0.15, -0.1) is 0 Å². The number of pyridine rings is 1. The lowest BCUT2D eigenvalue weighted by atomic mass is 10.1. The number of aromatic nitrogens is 1. The normalized spacial score (nSPS) is 11.8. The molecule has 0 bridgehead atoms. The molecule has 0 aliphatic heterocycles. The zero-order valence-electron chi connectivity index (χ0n) is 11.1. The van der Waals surface area contributed by atoms with Gasteiger partial charge in [0, 0.05) is 22.2 Å². The van der Waals surface area contributed by atoms with Crippen molar-refractivity contribution in [3.05, 3.63) is 39.7 Å². The lowest BCUT2D eigenvalue weighted by Gasteiger charge is -2.11. The first-order valence-corrected chi connectivity index (χ1v) is 6.17. The van der Waals surface area contributed by atoms with Crippen molar-refractivity contribution in [2.24, 2.45) is 0 Å². The second-order valence-electron chi connectivity index (χ2n) is 4.52. The molecule has 2 rings (SSSR count). The summed E-state index contributed by atoms with van der Waals surface area (Å²) in [6.45, 7) is 2.28. The molecular weight excluding hydrogens is 271 g/mol. The van der Waals surface area contributed by atoms with E-state index in [1.807, 2.05) is 6.92 Å². The molecule has 0 aliphatic rings. The van der Waals surface area contributed by atoms with E-state index in [4.69, 9.17) is 0 Å². The van der Waals surface area contributed by atoms with Crippen LogP contribution < -0.4 is 10.2 Å². The van der Waals surface area contributed by atoms with Crippen LogP contribution in [0.1, 0.15) is 18.2 Å². The minimum atomic E-state index is -4.40. The zero-order valence-corrected chi connectivity index (χ0v) is 11.1. The third-order valence-electron chi connectivity index (χ3n) is 3.04. The highest BCUT2D eigenvalue weighted by Crippen LogP contribution is 2.21. The van der Waals surface area contributed by atoms with E-state index in [0.29, 0.717) is 22.9 Å². The van der Waals surface area contributed by atoms with Gasteiger partial charge in [-0.05, 0) is 31.5 Å². The third-order valence-corrected chi connectivity index (χ3v) is 3.04. The molecule has 1 N–H and O–H groups in total. The summed E-state index contributed by atoms with van der Waals surface area (Å²) in [5, 5.41) is 0.340. The monoisotopic (exact) mass is 285 g/mol. The van der Waals surface area contributed by atoms with E-state index in [-0.39, 0.29) is 11.2 Å². The van der Waals surface area contributed by atoms with Crippen LogP contribution in [0, 0.1) is 6.92 Å². The summed E-state index contributed by atoms with van der Waals surface area (Å²) in [5.41, 5.74) is 1.82. The van der Waals surface area contributed by atoms with Crippen LogP contribution in [0.2, 0.25) is 0 Å². The maximum Gasteiger partial charge on any atom is 0.422 e. The van der Waals surface area contributed by atoms with Gasteiger partial charge in [0.15, 0.2) is 12.0 Å². The molecule has 1 aromatic carbocycles. The summed E-state index contributed by atoms with van der Waals surface area (Å²) in [5.74, 6) is 0.0335. The van der Waals surface area contributed by atoms with Crippen LogP contribution in [-0.2, 0) is 6.42 Å². The van der Waals surface area contributed by atoms with Gasteiger partial charge in [-0.1, -0.05) is 6.92 Å². The van der Waals surface area contributed by atoms with E-state index in [1.165, 1.54) is 12.1 Å². The minimum absolute atomic E-state index is 0.0335. The summed E-state index contributed by atoms with van der Waals surface area (Å²) in [7, 11) is 0. The summed E-state index contributed by atoms with van der Waals surface area (Å²) >= 11 is 0. The van der Waals surface area contributed by atoms with Crippen LogP contribution in [0.25, 0.3) is 10.9 Å².